The normalized spacial score (nSPS) is 21.7. The van der Waals surface area contributed by atoms with Crippen LogP contribution in [0.2, 0.25) is 0 Å². The second kappa shape index (κ2) is 6.90. The number of carbonyl (C=O) groups is 2. The van der Waals surface area contributed by atoms with Crippen molar-refractivity contribution >= 4 is 27.7 Å². The van der Waals surface area contributed by atoms with Crippen LogP contribution in [0, 0.1) is 5.92 Å². The molecule has 2 atom stereocenters. The second-order valence-electron chi connectivity index (χ2n) is 4.92. The van der Waals surface area contributed by atoms with Gasteiger partial charge in [0.25, 0.3) is 5.91 Å². The van der Waals surface area contributed by atoms with Crippen molar-refractivity contribution in [2.75, 3.05) is 13.1 Å². The van der Waals surface area contributed by atoms with Crippen LogP contribution in [0.25, 0.3) is 0 Å². The molecular formula is C13H17BrN2O4. The molecule has 0 saturated heterocycles. The quantitative estimate of drug-likeness (QED) is 0.744. The maximum absolute atomic E-state index is 11.6. The molecule has 0 aromatic carbocycles. The lowest BCUT2D eigenvalue weighted by Crippen LogP contribution is -2.38. The van der Waals surface area contributed by atoms with Crippen molar-refractivity contribution in [3.05, 3.63) is 22.6 Å². The summed E-state index contributed by atoms with van der Waals surface area (Å²) in [4.78, 5) is 23.2. The molecule has 6 nitrogen and oxygen atoms in total. The smallest absolute Gasteiger partial charge is 0.287 e. The van der Waals surface area contributed by atoms with Gasteiger partial charge in [-0.2, -0.15) is 0 Å². The summed E-state index contributed by atoms with van der Waals surface area (Å²) in [7, 11) is 0. The Morgan fingerprint density at radius 3 is 2.75 bits per heavy atom. The Morgan fingerprint density at radius 2 is 2.15 bits per heavy atom. The number of carbonyl (C=O) groups excluding carboxylic acids is 2. The van der Waals surface area contributed by atoms with Crippen molar-refractivity contribution in [1.82, 2.24) is 10.6 Å². The lowest BCUT2D eigenvalue weighted by molar-refractivity contribution is -0.120. The molecule has 2 rings (SSSR count). The van der Waals surface area contributed by atoms with Crippen LogP contribution in [0.1, 0.15) is 29.8 Å². The number of hydrogen-bond acceptors (Lipinski definition) is 4. The van der Waals surface area contributed by atoms with Crippen LogP contribution < -0.4 is 10.6 Å². The van der Waals surface area contributed by atoms with E-state index < -0.39 is 5.91 Å². The topological polar surface area (TPSA) is 91.6 Å². The summed E-state index contributed by atoms with van der Waals surface area (Å²) in [6.07, 6.45) is 2.21. The fraction of sp³-hybridized carbons (Fsp3) is 0.538. The van der Waals surface area contributed by atoms with Gasteiger partial charge in [-0.05, 0) is 53.2 Å². The number of furan rings is 1. The highest BCUT2D eigenvalue weighted by molar-refractivity contribution is 9.10. The van der Waals surface area contributed by atoms with Crippen molar-refractivity contribution in [1.29, 1.82) is 0 Å². The highest BCUT2D eigenvalue weighted by atomic mass is 79.9. The van der Waals surface area contributed by atoms with Crippen LogP contribution in [0.5, 0.6) is 0 Å². The molecule has 0 bridgehead atoms. The lowest BCUT2D eigenvalue weighted by atomic mass is 10.1. The maximum atomic E-state index is 11.6. The van der Waals surface area contributed by atoms with Crippen LogP contribution in [-0.2, 0) is 4.79 Å². The van der Waals surface area contributed by atoms with E-state index in [0.29, 0.717) is 17.1 Å². The van der Waals surface area contributed by atoms with Crippen LogP contribution in [0.4, 0.5) is 0 Å². The molecule has 1 heterocycles. The van der Waals surface area contributed by atoms with Gasteiger partial charge >= 0.3 is 0 Å². The van der Waals surface area contributed by atoms with E-state index in [4.69, 9.17) is 4.42 Å². The molecule has 1 aromatic heterocycles. The Kier molecular flexibility index (Phi) is 5.19. The minimum absolute atomic E-state index is 0.0908. The standard InChI is InChI=1S/C13H17BrN2O4/c14-11-4-3-10(20-11)13(19)16-7-12(18)15-6-8-1-2-9(17)5-8/h3-4,8-9,17H,1-2,5-7H2,(H,15,18)(H,16,19). The van der Waals surface area contributed by atoms with E-state index in [9.17, 15) is 14.7 Å². The Balaban J connectivity index is 1.66. The number of hydrogen-bond donors (Lipinski definition) is 3. The number of aliphatic hydroxyl groups is 1. The van der Waals surface area contributed by atoms with Gasteiger partial charge in [0.2, 0.25) is 5.91 Å². The van der Waals surface area contributed by atoms with Crippen LogP contribution >= 0.6 is 15.9 Å². The Bertz CT molecular complexity index is 488. The van der Waals surface area contributed by atoms with Gasteiger partial charge in [-0.3, -0.25) is 9.59 Å². The summed E-state index contributed by atoms with van der Waals surface area (Å²) in [6, 6.07) is 3.14. The van der Waals surface area contributed by atoms with Gasteiger partial charge in [0.15, 0.2) is 10.4 Å². The zero-order valence-electron chi connectivity index (χ0n) is 10.9. The molecule has 7 heteroatoms. The van der Waals surface area contributed by atoms with Gasteiger partial charge in [0, 0.05) is 6.54 Å². The molecule has 1 fully saturated rings. The molecule has 1 aliphatic carbocycles. The van der Waals surface area contributed by atoms with E-state index in [0.717, 1.165) is 19.3 Å². The minimum Gasteiger partial charge on any atom is -0.444 e. The Hall–Kier alpha value is -1.34. The van der Waals surface area contributed by atoms with E-state index in [1.165, 1.54) is 6.07 Å². The highest BCUT2D eigenvalue weighted by Gasteiger charge is 2.23. The van der Waals surface area contributed by atoms with Gasteiger partial charge in [-0.1, -0.05) is 0 Å². The van der Waals surface area contributed by atoms with Crippen LogP contribution in [-0.4, -0.2) is 36.1 Å². The Labute approximate surface area is 125 Å². The number of amides is 2. The molecule has 3 N–H and O–H groups in total. The third kappa shape index (κ3) is 4.35. The zero-order chi connectivity index (χ0) is 14.5. The first-order chi connectivity index (χ1) is 9.54. The monoisotopic (exact) mass is 344 g/mol. The van der Waals surface area contributed by atoms with Gasteiger partial charge in [-0.15, -0.1) is 0 Å². The fourth-order valence-electron chi connectivity index (χ4n) is 2.24. The molecular weight excluding hydrogens is 328 g/mol. The largest absolute Gasteiger partial charge is 0.444 e. The summed E-state index contributed by atoms with van der Waals surface area (Å²) in [5.74, 6) is -0.193. The number of rotatable bonds is 5. The number of halogens is 1. The number of nitrogens with one attached hydrogen (secondary N) is 2. The summed E-state index contributed by atoms with van der Waals surface area (Å²) >= 11 is 3.10. The molecule has 20 heavy (non-hydrogen) atoms. The zero-order valence-corrected chi connectivity index (χ0v) is 12.5. The molecule has 0 aliphatic heterocycles. The van der Waals surface area contributed by atoms with E-state index in [1.54, 1.807) is 6.07 Å². The highest BCUT2D eigenvalue weighted by Crippen LogP contribution is 2.24. The maximum Gasteiger partial charge on any atom is 0.287 e. The van der Waals surface area contributed by atoms with Crippen LogP contribution in [0.15, 0.2) is 21.2 Å². The average Bonchev–Trinajstić information content (AvgIpc) is 3.02. The first-order valence-corrected chi connectivity index (χ1v) is 7.32. The van der Waals surface area contributed by atoms with Crippen LogP contribution in [0.3, 0.4) is 0 Å². The minimum atomic E-state index is -0.429. The van der Waals surface area contributed by atoms with Crippen molar-refractivity contribution in [2.45, 2.75) is 25.4 Å². The summed E-state index contributed by atoms with van der Waals surface area (Å²) in [5.41, 5.74) is 0. The van der Waals surface area contributed by atoms with Crippen molar-refractivity contribution in [3.8, 4) is 0 Å². The molecule has 0 spiro atoms. The third-order valence-corrected chi connectivity index (χ3v) is 3.73. The number of aliphatic hydroxyl groups excluding tert-OH is 1. The Morgan fingerprint density at radius 1 is 1.35 bits per heavy atom. The first-order valence-electron chi connectivity index (χ1n) is 6.53. The molecule has 2 amide bonds. The molecule has 1 saturated carbocycles. The van der Waals surface area contributed by atoms with E-state index in [-0.39, 0.29) is 24.3 Å². The van der Waals surface area contributed by atoms with Gasteiger partial charge < -0.3 is 20.2 Å². The summed E-state index contributed by atoms with van der Waals surface area (Å²) in [6.45, 7) is 0.449. The molecule has 2 unspecified atom stereocenters. The van der Waals surface area contributed by atoms with Crippen molar-refractivity contribution in [3.63, 3.8) is 0 Å². The van der Waals surface area contributed by atoms with Gasteiger partial charge in [-0.25, -0.2) is 0 Å². The van der Waals surface area contributed by atoms with Gasteiger partial charge in [0.1, 0.15) is 0 Å². The predicted octanol–water partition coefficient (Wildman–Crippen LogP) is 1.05. The molecule has 1 aromatic rings. The predicted molar refractivity (Wildman–Crippen MR) is 75.1 cm³/mol. The molecule has 110 valence electrons. The fourth-order valence-corrected chi connectivity index (χ4v) is 2.55. The SMILES string of the molecule is O=C(CNC(=O)c1ccc(Br)o1)NCC1CCC(O)C1. The first kappa shape index (κ1) is 15.1. The molecule has 1 aliphatic rings. The average molecular weight is 345 g/mol. The third-order valence-electron chi connectivity index (χ3n) is 3.31. The van der Waals surface area contributed by atoms with E-state index in [2.05, 4.69) is 26.6 Å². The van der Waals surface area contributed by atoms with E-state index in [1.807, 2.05) is 0 Å². The van der Waals surface area contributed by atoms with E-state index >= 15 is 0 Å². The molecule has 0 radical (unpaired) electrons. The second-order valence-corrected chi connectivity index (χ2v) is 5.70. The lowest BCUT2D eigenvalue weighted by Gasteiger charge is -2.11. The summed E-state index contributed by atoms with van der Waals surface area (Å²) in [5, 5.41) is 14.6. The summed E-state index contributed by atoms with van der Waals surface area (Å²) < 4.78 is 5.54. The van der Waals surface area contributed by atoms with Crippen molar-refractivity contribution in [2.24, 2.45) is 5.92 Å². The van der Waals surface area contributed by atoms with Gasteiger partial charge in [0.05, 0.1) is 12.6 Å². The van der Waals surface area contributed by atoms with Crippen molar-refractivity contribution < 1.29 is 19.1 Å².